The molecular formula is C15H17N3O2. The smallest absolute Gasteiger partial charge is 0.308 e. The Morgan fingerprint density at radius 2 is 2.05 bits per heavy atom. The normalized spacial score (nSPS) is 22.6. The molecule has 1 heterocycles. The predicted molar refractivity (Wildman–Crippen MR) is 76.5 cm³/mol. The van der Waals surface area contributed by atoms with Crippen LogP contribution in [0.1, 0.15) is 25.7 Å². The van der Waals surface area contributed by atoms with E-state index in [1.807, 2.05) is 24.3 Å². The fourth-order valence-corrected chi connectivity index (χ4v) is 2.92. The predicted octanol–water partition coefficient (Wildman–Crippen LogP) is 2.69. The number of aliphatic carboxylic acids is 1. The molecule has 2 N–H and O–H groups in total. The first kappa shape index (κ1) is 12.8. The van der Waals surface area contributed by atoms with E-state index in [2.05, 4.69) is 15.5 Å². The number of carbonyl (C=O) groups is 1. The highest BCUT2D eigenvalue weighted by molar-refractivity contribution is 5.90. The van der Waals surface area contributed by atoms with E-state index in [0.717, 1.165) is 42.3 Å². The van der Waals surface area contributed by atoms with Crippen molar-refractivity contribution < 1.29 is 9.90 Å². The lowest BCUT2D eigenvalue weighted by molar-refractivity contribution is -0.143. The second kappa shape index (κ2) is 5.45. The summed E-state index contributed by atoms with van der Waals surface area (Å²) in [7, 11) is 0. The molecule has 2 atom stereocenters. The van der Waals surface area contributed by atoms with Crippen molar-refractivity contribution in [1.82, 2.24) is 10.2 Å². The second-order valence-corrected chi connectivity index (χ2v) is 5.26. The number of nitrogens with one attached hydrogen (secondary N) is 1. The molecule has 1 aromatic heterocycles. The number of hydrogen-bond donors (Lipinski definition) is 2. The molecule has 2 unspecified atom stereocenters. The molecule has 1 aliphatic carbocycles. The van der Waals surface area contributed by atoms with Gasteiger partial charge in [-0.05, 0) is 18.9 Å². The molecule has 0 amide bonds. The lowest BCUT2D eigenvalue weighted by Gasteiger charge is -2.30. The molecule has 0 radical (unpaired) electrons. The average molecular weight is 271 g/mol. The average Bonchev–Trinajstić information content (AvgIpc) is 2.48. The van der Waals surface area contributed by atoms with Crippen molar-refractivity contribution in [2.75, 3.05) is 5.32 Å². The fourth-order valence-electron chi connectivity index (χ4n) is 2.92. The van der Waals surface area contributed by atoms with Gasteiger partial charge in [0.2, 0.25) is 0 Å². The van der Waals surface area contributed by atoms with Gasteiger partial charge in [-0.2, -0.15) is 10.2 Å². The molecule has 3 rings (SSSR count). The lowest BCUT2D eigenvalue weighted by Crippen LogP contribution is -2.37. The van der Waals surface area contributed by atoms with Gasteiger partial charge in [-0.15, -0.1) is 0 Å². The highest BCUT2D eigenvalue weighted by Crippen LogP contribution is 2.29. The van der Waals surface area contributed by atoms with E-state index in [4.69, 9.17) is 0 Å². The summed E-state index contributed by atoms with van der Waals surface area (Å²) in [6.07, 6.45) is 5.36. The highest BCUT2D eigenvalue weighted by atomic mass is 16.4. The summed E-state index contributed by atoms with van der Waals surface area (Å²) < 4.78 is 0. The van der Waals surface area contributed by atoms with Gasteiger partial charge < -0.3 is 10.4 Å². The Morgan fingerprint density at radius 3 is 2.90 bits per heavy atom. The quantitative estimate of drug-likeness (QED) is 0.897. The number of hydrogen-bond acceptors (Lipinski definition) is 4. The summed E-state index contributed by atoms with van der Waals surface area (Å²) in [4.78, 5) is 11.4. The van der Waals surface area contributed by atoms with Gasteiger partial charge in [-0.3, -0.25) is 4.79 Å². The van der Waals surface area contributed by atoms with Crippen LogP contribution in [0.3, 0.4) is 0 Å². The molecular weight excluding hydrogens is 254 g/mol. The Bertz CT molecular complexity index is 624. The van der Waals surface area contributed by atoms with Crippen LogP contribution in [0.25, 0.3) is 10.9 Å². The van der Waals surface area contributed by atoms with Crippen LogP contribution < -0.4 is 5.32 Å². The van der Waals surface area contributed by atoms with Gasteiger partial charge in [0, 0.05) is 11.4 Å². The summed E-state index contributed by atoms with van der Waals surface area (Å²) in [5.74, 6) is -1.04. The van der Waals surface area contributed by atoms with Crippen molar-refractivity contribution >= 4 is 22.6 Å². The number of anilines is 1. The van der Waals surface area contributed by atoms with Crippen molar-refractivity contribution in [3.05, 3.63) is 30.5 Å². The minimum absolute atomic E-state index is 0.0335. The van der Waals surface area contributed by atoms with E-state index in [1.165, 1.54) is 0 Å². The van der Waals surface area contributed by atoms with E-state index in [0.29, 0.717) is 0 Å². The van der Waals surface area contributed by atoms with Crippen LogP contribution >= 0.6 is 0 Å². The molecule has 0 bridgehead atoms. The zero-order valence-electron chi connectivity index (χ0n) is 11.1. The van der Waals surface area contributed by atoms with Crippen LogP contribution in [0.5, 0.6) is 0 Å². The summed E-state index contributed by atoms with van der Waals surface area (Å²) >= 11 is 0. The Balaban J connectivity index is 1.90. The molecule has 1 fully saturated rings. The molecule has 1 saturated carbocycles. The Kier molecular flexibility index (Phi) is 3.50. The van der Waals surface area contributed by atoms with E-state index >= 15 is 0 Å². The third kappa shape index (κ3) is 2.43. The van der Waals surface area contributed by atoms with Gasteiger partial charge in [-0.25, -0.2) is 0 Å². The van der Waals surface area contributed by atoms with E-state index < -0.39 is 5.97 Å². The molecule has 2 aromatic rings. The van der Waals surface area contributed by atoms with Gasteiger partial charge in [0.1, 0.15) is 0 Å². The van der Waals surface area contributed by atoms with Gasteiger partial charge in [-0.1, -0.05) is 31.0 Å². The molecule has 1 aliphatic rings. The standard InChI is InChI=1S/C15H17N3O2/c19-15(20)11-6-2-3-7-12(11)17-14-9-16-18-13-8-4-1-5-10(13)14/h1,4-5,8-9,11-12H,2-3,6-7H2,(H,17,18)(H,19,20). The van der Waals surface area contributed by atoms with Crippen LogP contribution in [-0.2, 0) is 4.79 Å². The molecule has 0 aliphatic heterocycles. The maximum absolute atomic E-state index is 11.4. The van der Waals surface area contributed by atoms with Crippen molar-refractivity contribution in [2.45, 2.75) is 31.7 Å². The molecule has 0 saturated heterocycles. The second-order valence-electron chi connectivity index (χ2n) is 5.26. The van der Waals surface area contributed by atoms with Crippen molar-refractivity contribution in [3.63, 3.8) is 0 Å². The van der Waals surface area contributed by atoms with Crippen LogP contribution in [-0.4, -0.2) is 27.3 Å². The van der Waals surface area contributed by atoms with Crippen LogP contribution in [0.15, 0.2) is 30.5 Å². The van der Waals surface area contributed by atoms with Gasteiger partial charge in [0.15, 0.2) is 0 Å². The largest absolute Gasteiger partial charge is 0.481 e. The molecule has 1 aromatic carbocycles. The highest BCUT2D eigenvalue weighted by Gasteiger charge is 2.30. The minimum Gasteiger partial charge on any atom is -0.481 e. The van der Waals surface area contributed by atoms with Gasteiger partial charge in [0.05, 0.1) is 23.3 Å². The molecule has 20 heavy (non-hydrogen) atoms. The molecule has 5 heteroatoms. The maximum Gasteiger partial charge on any atom is 0.308 e. The fraction of sp³-hybridized carbons (Fsp3) is 0.400. The zero-order valence-corrected chi connectivity index (χ0v) is 11.1. The lowest BCUT2D eigenvalue weighted by atomic mass is 9.84. The summed E-state index contributed by atoms with van der Waals surface area (Å²) in [5, 5.41) is 21.8. The van der Waals surface area contributed by atoms with Crippen molar-refractivity contribution in [2.24, 2.45) is 5.92 Å². The third-order valence-electron chi connectivity index (χ3n) is 3.97. The summed E-state index contributed by atoms with van der Waals surface area (Å²) in [5.41, 5.74) is 1.69. The van der Waals surface area contributed by atoms with Gasteiger partial charge >= 0.3 is 5.97 Å². The monoisotopic (exact) mass is 271 g/mol. The third-order valence-corrected chi connectivity index (χ3v) is 3.97. The molecule has 5 nitrogen and oxygen atoms in total. The number of fused-ring (bicyclic) bond motifs is 1. The van der Waals surface area contributed by atoms with E-state index in [9.17, 15) is 9.90 Å². The zero-order chi connectivity index (χ0) is 13.9. The van der Waals surface area contributed by atoms with Gasteiger partial charge in [0.25, 0.3) is 0 Å². The number of rotatable bonds is 3. The Hall–Kier alpha value is -2.17. The van der Waals surface area contributed by atoms with E-state index in [1.54, 1.807) is 6.20 Å². The number of carboxylic acid groups (broad SMARTS) is 1. The SMILES string of the molecule is O=C(O)C1CCCCC1Nc1cnnc2ccccc12. The van der Waals surface area contributed by atoms with Crippen molar-refractivity contribution in [1.29, 1.82) is 0 Å². The van der Waals surface area contributed by atoms with E-state index in [-0.39, 0.29) is 12.0 Å². The first-order chi connectivity index (χ1) is 9.75. The van der Waals surface area contributed by atoms with Crippen molar-refractivity contribution in [3.8, 4) is 0 Å². The summed E-state index contributed by atoms with van der Waals surface area (Å²) in [6.45, 7) is 0. The first-order valence-corrected chi connectivity index (χ1v) is 6.95. The number of nitrogens with zero attached hydrogens (tertiary/aromatic N) is 2. The van der Waals surface area contributed by atoms with Crippen LogP contribution in [0.2, 0.25) is 0 Å². The number of benzene rings is 1. The molecule has 104 valence electrons. The Morgan fingerprint density at radius 1 is 1.25 bits per heavy atom. The summed E-state index contributed by atoms with van der Waals surface area (Å²) in [6, 6.07) is 7.72. The minimum atomic E-state index is -0.714. The number of aromatic nitrogens is 2. The van der Waals surface area contributed by atoms with Crippen LogP contribution in [0, 0.1) is 5.92 Å². The van der Waals surface area contributed by atoms with Crippen LogP contribution in [0.4, 0.5) is 5.69 Å². The molecule has 0 spiro atoms. The maximum atomic E-state index is 11.4. The first-order valence-electron chi connectivity index (χ1n) is 6.95. The number of carboxylic acids is 1. The Labute approximate surface area is 117 Å². The topological polar surface area (TPSA) is 75.1 Å².